The minimum atomic E-state index is -0.0853. The number of carbonyl (C=O) groups is 1. The number of carbonyl (C=O) groups excluding carboxylic acids is 1. The van der Waals surface area contributed by atoms with E-state index in [-0.39, 0.29) is 17.7 Å². The van der Waals surface area contributed by atoms with Crippen molar-refractivity contribution in [3.63, 3.8) is 0 Å². The first-order valence-electron chi connectivity index (χ1n) is 11.6. The molecule has 0 bridgehead atoms. The zero-order valence-corrected chi connectivity index (χ0v) is 21.7. The van der Waals surface area contributed by atoms with E-state index in [0.717, 1.165) is 43.4 Å². The Hall–Kier alpha value is -4.05. The number of hydrogen-bond donors (Lipinski definition) is 2. The topological polar surface area (TPSA) is 103 Å². The highest BCUT2D eigenvalue weighted by molar-refractivity contribution is 7.21. The van der Waals surface area contributed by atoms with Crippen LogP contribution in [0.25, 0.3) is 20.7 Å². The van der Waals surface area contributed by atoms with Crippen LogP contribution < -0.4 is 10.6 Å². The smallest absolute Gasteiger partial charge is 0.229 e. The molecule has 0 radical (unpaired) electrons. The summed E-state index contributed by atoms with van der Waals surface area (Å²) in [6.45, 7) is 6.29. The average Bonchev–Trinajstić information content (AvgIpc) is 3.54. The van der Waals surface area contributed by atoms with E-state index in [9.17, 15) is 4.79 Å². The van der Waals surface area contributed by atoms with Gasteiger partial charge in [-0.3, -0.25) is 14.2 Å². The molecule has 1 amide bonds. The Labute approximate surface area is 213 Å². The normalized spacial score (nSPS) is 11.7. The summed E-state index contributed by atoms with van der Waals surface area (Å²) in [4.78, 5) is 23.5. The van der Waals surface area contributed by atoms with Crippen LogP contribution in [0.4, 0.5) is 17.3 Å². The minimum absolute atomic E-state index is 0.0812. The molecule has 0 aliphatic carbocycles. The van der Waals surface area contributed by atoms with Gasteiger partial charge in [0.05, 0.1) is 23.7 Å². The molecule has 0 aliphatic rings. The van der Waals surface area contributed by atoms with Gasteiger partial charge in [-0.1, -0.05) is 32.9 Å². The first kappa shape index (κ1) is 23.7. The molecule has 0 spiro atoms. The van der Waals surface area contributed by atoms with Crippen molar-refractivity contribution in [1.29, 1.82) is 0 Å². The van der Waals surface area contributed by atoms with Crippen molar-refractivity contribution in [3.8, 4) is 10.4 Å². The van der Waals surface area contributed by atoms with Crippen molar-refractivity contribution in [2.75, 3.05) is 10.6 Å². The van der Waals surface area contributed by atoms with Crippen molar-refractivity contribution in [3.05, 3.63) is 66.4 Å². The number of amides is 1. The monoisotopic (exact) mass is 500 g/mol. The van der Waals surface area contributed by atoms with Crippen molar-refractivity contribution in [1.82, 2.24) is 29.5 Å². The number of aromatic nitrogens is 6. The number of hydrogen-bond acceptors (Lipinski definition) is 7. The SMILES string of the molecule is Cn1cc(-c2cc3c(Nc4ccc(CC(=O)Nc5cc(C(C)(C)C)nn5C)cc4)ncnc3s2)cn1. The summed E-state index contributed by atoms with van der Waals surface area (Å²) in [6.07, 6.45) is 5.67. The number of nitrogens with one attached hydrogen (secondary N) is 2. The number of anilines is 3. The summed E-state index contributed by atoms with van der Waals surface area (Å²) in [5.41, 5.74) is 3.71. The molecule has 4 aromatic heterocycles. The number of aryl methyl sites for hydroxylation is 2. The Bertz CT molecular complexity index is 1540. The van der Waals surface area contributed by atoms with Crippen molar-refractivity contribution in [2.45, 2.75) is 32.6 Å². The number of nitrogens with zero attached hydrogens (tertiary/aromatic N) is 6. The molecule has 0 fully saturated rings. The molecule has 1 aromatic carbocycles. The third-order valence-corrected chi connectivity index (χ3v) is 6.91. The highest BCUT2D eigenvalue weighted by Gasteiger charge is 2.20. The van der Waals surface area contributed by atoms with E-state index in [1.54, 1.807) is 27.0 Å². The average molecular weight is 501 g/mol. The molecule has 0 aliphatic heterocycles. The Morgan fingerprint density at radius 2 is 1.86 bits per heavy atom. The van der Waals surface area contributed by atoms with E-state index in [4.69, 9.17) is 0 Å². The van der Waals surface area contributed by atoms with E-state index in [2.05, 4.69) is 57.6 Å². The Kier molecular flexibility index (Phi) is 6.05. The summed E-state index contributed by atoms with van der Waals surface area (Å²) in [7, 11) is 3.74. The molecule has 4 heterocycles. The van der Waals surface area contributed by atoms with E-state index < -0.39 is 0 Å². The molecule has 0 unspecified atom stereocenters. The van der Waals surface area contributed by atoms with Gasteiger partial charge in [0.2, 0.25) is 5.91 Å². The van der Waals surface area contributed by atoms with Crippen molar-refractivity contribution in [2.24, 2.45) is 14.1 Å². The molecule has 5 aromatic rings. The number of benzene rings is 1. The van der Waals surface area contributed by atoms with E-state index in [1.165, 1.54) is 0 Å². The maximum atomic E-state index is 12.6. The standard InChI is InChI=1S/C26H28N8OS/c1-26(2,3)21-12-22(34(5)32-21)31-23(35)10-16-6-8-18(9-7-16)30-24-19-11-20(17-13-29-33(4)14-17)36-25(19)28-15-27-24/h6-9,11-15H,10H2,1-5H3,(H,31,35)(H,27,28,30). The van der Waals surface area contributed by atoms with E-state index in [1.807, 2.05) is 56.8 Å². The molecule has 10 heteroatoms. The summed E-state index contributed by atoms with van der Waals surface area (Å²) in [5.74, 6) is 1.35. The maximum absolute atomic E-state index is 12.6. The van der Waals surface area contributed by atoms with Crippen LogP contribution in [0.2, 0.25) is 0 Å². The fraction of sp³-hybridized carbons (Fsp3) is 0.269. The van der Waals surface area contributed by atoms with Crippen LogP contribution in [0.3, 0.4) is 0 Å². The molecule has 36 heavy (non-hydrogen) atoms. The van der Waals surface area contributed by atoms with Crippen LogP contribution >= 0.6 is 11.3 Å². The van der Waals surface area contributed by atoms with E-state index >= 15 is 0 Å². The fourth-order valence-corrected chi connectivity index (χ4v) is 4.79. The lowest BCUT2D eigenvalue weighted by Gasteiger charge is -2.13. The van der Waals surface area contributed by atoms with Crippen LogP contribution in [0, 0.1) is 0 Å². The fourth-order valence-electron chi connectivity index (χ4n) is 3.81. The second kappa shape index (κ2) is 9.19. The summed E-state index contributed by atoms with van der Waals surface area (Å²) in [6, 6.07) is 11.8. The lowest BCUT2D eigenvalue weighted by atomic mass is 9.92. The summed E-state index contributed by atoms with van der Waals surface area (Å²) < 4.78 is 3.49. The molecule has 5 rings (SSSR count). The highest BCUT2D eigenvalue weighted by Crippen LogP contribution is 2.35. The van der Waals surface area contributed by atoms with Crippen LogP contribution in [-0.2, 0) is 30.7 Å². The van der Waals surface area contributed by atoms with Gasteiger partial charge in [0.1, 0.15) is 22.8 Å². The molecule has 9 nitrogen and oxygen atoms in total. The lowest BCUT2D eigenvalue weighted by molar-refractivity contribution is -0.115. The maximum Gasteiger partial charge on any atom is 0.229 e. The third-order valence-electron chi connectivity index (χ3n) is 5.82. The van der Waals surface area contributed by atoms with Gasteiger partial charge in [-0.25, -0.2) is 9.97 Å². The highest BCUT2D eigenvalue weighted by atomic mass is 32.1. The second-order valence-corrected chi connectivity index (χ2v) is 10.8. The van der Waals surface area contributed by atoms with Crippen molar-refractivity contribution >= 4 is 44.8 Å². The van der Waals surface area contributed by atoms with Gasteiger partial charge in [-0.2, -0.15) is 10.2 Å². The van der Waals surface area contributed by atoms with Gasteiger partial charge in [-0.15, -0.1) is 11.3 Å². The molecule has 184 valence electrons. The zero-order chi connectivity index (χ0) is 25.4. The quantitative estimate of drug-likeness (QED) is 0.338. The third kappa shape index (κ3) is 4.99. The second-order valence-electron chi connectivity index (χ2n) is 9.79. The molecule has 0 saturated carbocycles. The largest absolute Gasteiger partial charge is 0.340 e. The van der Waals surface area contributed by atoms with Gasteiger partial charge >= 0.3 is 0 Å². The van der Waals surface area contributed by atoms with E-state index in [0.29, 0.717) is 5.82 Å². The summed E-state index contributed by atoms with van der Waals surface area (Å²) >= 11 is 1.61. The number of thiophene rings is 1. The molecular formula is C26H28N8OS. The van der Waals surface area contributed by atoms with Gasteiger partial charge in [0.25, 0.3) is 0 Å². The first-order valence-corrected chi connectivity index (χ1v) is 12.4. The van der Waals surface area contributed by atoms with Gasteiger partial charge in [0.15, 0.2) is 0 Å². The Morgan fingerprint density at radius 3 is 2.53 bits per heavy atom. The number of fused-ring (bicyclic) bond motifs is 1. The first-order chi connectivity index (χ1) is 17.2. The van der Waals surface area contributed by atoms with Gasteiger partial charge in [0, 0.05) is 47.9 Å². The minimum Gasteiger partial charge on any atom is -0.340 e. The summed E-state index contributed by atoms with van der Waals surface area (Å²) in [5, 5.41) is 16.1. The van der Waals surface area contributed by atoms with Gasteiger partial charge in [-0.05, 0) is 23.8 Å². The lowest BCUT2D eigenvalue weighted by Crippen LogP contribution is -2.16. The van der Waals surface area contributed by atoms with Crippen LogP contribution in [0.15, 0.2) is 55.1 Å². The van der Waals surface area contributed by atoms with Crippen LogP contribution in [-0.4, -0.2) is 35.4 Å². The van der Waals surface area contributed by atoms with Gasteiger partial charge < -0.3 is 10.6 Å². The molecule has 0 atom stereocenters. The van der Waals surface area contributed by atoms with Crippen molar-refractivity contribution < 1.29 is 4.79 Å². The number of rotatable bonds is 6. The molecular weight excluding hydrogens is 472 g/mol. The predicted octanol–water partition coefficient (Wildman–Crippen LogP) is 5.05. The Balaban J connectivity index is 1.27. The van der Waals surface area contributed by atoms with Crippen LogP contribution in [0.5, 0.6) is 0 Å². The molecule has 2 N–H and O–H groups in total. The van der Waals surface area contributed by atoms with Crippen LogP contribution in [0.1, 0.15) is 32.0 Å². The Morgan fingerprint density at radius 1 is 1.08 bits per heavy atom. The zero-order valence-electron chi connectivity index (χ0n) is 20.9. The molecule has 0 saturated heterocycles. The predicted molar refractivity (Wildman–Crippen MR) is 144 cm³/mol.